The van der Waals surface area contributed by atoms with Gasteiger partial charge in [-0.2, -0.15) is 0 Å². The van der Waals surface area contributed by atoms with Crippen LogP contribution < -0.4 is 10.6 Å². The maximum absolute atomic E-state index is 13.2. The highest BCUT2D eigenvalue weighted by atomic mass is 16.4. The van der Waals surface area contributed by atoms with Gasteiger partial charge in [0.1, 0.15) is 0 Å². The Hall–Kier alpha value is -4.33. The Morgan fingerprint density at radius 3 is 2.70 bits per heavy atom. The number of carbonyl (C=O) groups excluding carboxylic acids is 2. The van der Waals surface area contributed by atoms with E-state index in [0.29, 0.717) is 35.9 Å². The van der Waals surface area contributed by atoms with Crippen LogP contribution in [0.3, 0.4) is 0 Å². The number of fused-ring (bicyclic) bond motifs is 1. The maximum Gasteiger partial charge on any atom is 0.303 e. The summed E-state index contributed by atoms with van der Waals surface area (Å²) in [5.74, 6) is -1.18. The molecule has 1 unspecified atom stereocenters. The lowest BCUT2D eigenvalue weighted by atomic mass is 9.91. The molecule has 1 atom stereocenters. The van der Waals surface area contributed by atoms with Crippen molar-refractivity contribution < 1.29 is 19.5 Å². The molecule has 2 heterocycles. The van der Waals surface area contributed by atoms with Crippen molar-refractivity contribution in [3.05, 3.63) is 83.2 Å². The summed E-state index contributed by atoms with van der Waals surface area (Å²) >= 11 is 0. The number of carbonyl (C=O) groups is 3. The van der Waals surface area contributed by atoms with Crippen molar-refractivity contribution in [2.45, 2.75) is 51.0 Å². The number of allylic oxidation sites excluding steroid dienone is 2. The third-order valence-corrected chi connectivity index (χ3v) is 6.67. The van der Waals surface area contributed by atoms with Gasteiger partial charge in [-0.25, -0.2) is 9.97 Å². The summed E-state index contributed by atoms with van der Waals surface area (Å²) in [6, 6.07) is 14.6. The molecule has 37 heavy (non-hydrogen) atoms. The number of benzene rings is 2. The van der Waals surface area contributed by atoms with Gasteiger partial charge in [-0.3, -0.25) is 14.4 Å². The number of carboxylic acids is 1. The molecule has 0 saturated heterocycles. The van der Waals surface area contributed by atoms with Crippen LogP contribution in [0.2, 0.25) is 0 Å². The van der Waals surface area contributed by atoms with Crippen molar-refractivity contribution in [1.82, 2.24) is 20.6 Å². The topological polar surface area (TPSA) is 121 Å². The monoisotopic (exact) mass is 496 g/mol. The second-order valence-corrected chi connectivity index (χ2v) is 9.34. The summed E-state index contributed by atoms with van der Waals surface area (Å²) < 4.78 is 0. The molecule has 1 aliphatic heterocycles. The van der Waals surface area contributed by atoms with E-state index < -0.39 is 5.97 Å². The highest BCUT2D eigenvalue weighted by molar-refractivity contribution is 5.98. The first-order valence-electron chi connectivity index (χ1n) is 12.6. The molecule has 0 saturated carbocycles. The van der Waals surface area contributed by atoms with E-state index in [2.05, 4.69) is 16.7 Å². The molecular weight excluding hydrogens is 468 g/mol. The van der Waals surface area contributed by atoms with Crippen molar-refractivity contribution >= 4 is 28.8 Å². The number of amides is 2. The van der Waals surface area contributed by atoms with Crippen molar-refractivity contribution in [2.75, 3.05) is 0 Å². The molecule has 0 bridgehead atoms. The third kappa shape index (κ3) is 5.58. The van der Waals surface area contributed by atoms with Crippen molar-refractivity contribution in [3.63, 3.8) is 0 Å². The number of nitrogens with zero attached hydrogens (tertiary/aromatic N) is 2. The standard InChI is InChI=1S/C29H28N4O4/c34-26-17-24(20-10-4-5-11-21(20)31-26)33-29(37)19-14-15-22-25(16-19)30-23(12-6-7-13-27(35)36)28(32-22)18-8-2-1-3-9-18/h1-4,8-10,14-16,24H,5-7,11-13,17H2,(H,31,34)(H,33,37)(H,35,36). The largest absolute Gasteiger partial charge is 0.481 e. The predicted molar refractivity (Wildman–Crippen MR) is 140 cm³/mol. The van der Waals surface area contributed by atoms with E-state index >= 15 is 0 Å². The van der Waals surface area contributed by atoms with Crippen LogP contribution in [0.5, 0.6) is 0 Å². The minimum atomic E-state index is -0.814. The van der Waals surface area contributed by atoms with Gasteiger partial charge in [-0.05, 0) is 55.9 Å². The summed E-state index contributed by atoms with van der Waals surface area (Å²) in [7, 11) is 0. The van der Waals surface area contributed by atoms with Gasteiger partial charge in [-0.1, -0.05) is 42.5 Å². The zero-order valence-corrected chi connectivity index (χ0v) is 20.4. The van der Waals surface area contributed by atoms with Crippen LogP contribution in [0.25, 0.3) is 22.3 Å². The molecule has 2 amide bonds. The fraction of sp³-hybridized carbons (Fsp3) is 0.276. The van der Waals surface area contributed by atoms with Crippen molar-refractivity contribution in [2.24, 2.45) is 0 Å². The van der Waals surface area contributed by atoms with E-state index in [0.717, 1.165) is 41.1 Å². The van der Waals surface area contributed by atoms with Gasteiger partial charge in [0.15, 0.2) is 0 Å². The number of aromatic nitrogens is 2. The predicted octanol–water partition coefficient (Wildman–Crippen LogP) is 4.32. The second kappa shape index (κ2) is 10.7. The fourth-order valence-corrected chi connectivity index (χ4v) is 4.83. The van der Waals surface area contributed by atoms with E-state index in [-0.39, 0.29) is 30.7 Å². The van der Waals surface area contributed by atoms with E-state index in [1.165, 1.54) is 0 Å². The van der Waals surface area contributed by atoms with Crippen LogP contribution in [0, 0.1) is 0 Å². The Labute approximate surface area is 214 Å². The second-order valence-electron chi connectivity index (χ2n) is 9.34. The number of hydrogen-bond donors (Lipinski definition) is 3. The molecule has 2 aromatic carbocycles. The van der Waals surface area contributed by atoms with Gasteiger partial charge in [0.2, 0.25) is 5.91 Å². The number of nitrogens with one attached hydrogen (secondary N) is 2. The Bertz CT molecular complexity index is 1430. The Balaban J connectivity index is 1.42. The number of hydrogen-bond acceptors (Lipinski definition) is 5. The molecule has 0 spiro atoms. The highest BCUT2D eigenvalue weighted by Crippen LogP contribution is 2.27. The average Bonchev–Trinajstić information content (AvgIpc) is 2.90. The third-order valence-electron chi connectivity index (χ3n) is 6.67. The first-order chi connectivity index (χ1) is 18.0. The van der Waals surface area contributed by atoms with E-state index in [1.54, 1.807) is 18.2 Å². The smallest absolute Gasteiger partial charge is 0.303 e. The minimum Gasteiger partial charge on any atom is -0.481 e. The SMILES string of the molecule is O=C(O)CCCCc1nc2cc(C(=O)NC3CC(=O)NC4=C3C=CCC4)ccc2nc1-c1ccccc1. The summed E-state index contributed by atoms with van der Waals surface area (Å²) in [6.45, 7) is 0. The van der Waals surface area contributed by atoms with E-state index in [1.807, 2.05) is 36.4 Å². The molecule has 3 N–H and O–H groups in total. The molecule has 1 aliphatic carbocycles. The van der Waals surface area contributed by atoms with E-state index in [4.69, 9.17) is 15.1 Å². The van der Waals surface area contributed by atoms with Crippen LogP contribution in [0.15, 0.2) is 72.0 Å². The number of carboxylic acid groups (broad SMARTS) is 1. The van der Waals surface area contributed by atoms with Gasteiger partial charge in [0, 0.05) is 23.2 Å². The fourth-order valence-electron chi connectivity index (χ4n) is 4.83. The first kappa shape index (κ1) is 24.4. The average molecular weight is 497 g/mol. The molecule has 2 aliphatic rings. The van der Waals surface area contributed by atoms with Gasteiger partial charge < -0.3 is 15.7 Å². The van der Waals surface area contributed by atoms with Crippen molar-refractivity contribution in [1.29, 1.82) is 0 Å². The number of unbranched alkanes of at least 4 members (excludes halogenated alkanes) is 1. The van der Waals surface area contributed by atoms with Crippen molar-refractivity contribution in [3.8, 4) is 11.3 Å². The van der Waals surface area contributed by atoms with Crippen LogP contribution in [-0.4, -0.2) is 38.9 Å². The number of aryl methyl sites for hydroxylation is 1. The lowest BCUT2D eigenvalue weighted by molar-refractivity contribution is -0.137. The zero-order chi connectivity index (χ0) is 25.8. The lowest BCUT2D eigenvalue weighted by Crippen LogP contribution is -2.45. The molecule has 1 aromatic heterocycles. The Kier molecular flexibility index (Phi) is 7.07. The first-order valence-corrected chi connectivity index (χ1v) is 12.6. The summed E-state index contributed by atoms with van der Waals surface area (Å²) in [6.07, 6.45) is 7.77. The molecule has 8 nitrogen and oxygen atoms in total. The minimum absolute atomic E-state index is 0.0929. The summed E-state index contributed by atoms with van der Waals surface area (Å²) in [5.41, 5.74) is 6.02. The molecule has 8 heteroatoms. The van der Waals surface area contributed by atoms with Crippen LogP contribution in [0.1, 0.15) is 54.6 Å². The maximum atomic E-state index is 13.2. The Morgan fingerprint density at radius 2 is 1.89 bits per heavy atom. The molecule has 5 rings (SSSR count). The molecule has 0 fully saturated rings. The molecular formula is C29H28N4O4. The Morgan fingerprint density at radius 1 is 1.05 bits per heavy atom. The normalized spacial score (nSPS) is 16.9. The molecule has 3 aromatic rings. The van der Waals surface area contributed by atoms with Gasteiger partial charge in [0.25, 0.3) is 5.91 Å². The quantitative estimate of drug-likeness (QED) is 0.400. The summed E-state index contributed by atoms with van der Waals surface area (Å²) in [5, 5.41) is 14.9. The van der Waals surface area contributed by atoms with Crippen LogP contribution >= 0.6 is 0 Å². The van der Waals surface area contributed by atoms with E-state index in [9.17, 15) is 14.4 Å². The zero-order valence-electron chi connectivity index (χ0n) is 20.4. The van der Waals surface area contributed by atoms with Crippen LogP contribution in [0.4, 0.5) is 0 Å². The van der Waals surface area contributed by atoms with Gasteiger partial charge in [0.05, 0.1) is 34.9 Å². The van der Waals surface area contributed by atoms with Gasteiger partial charge in [-0.15, -0.1) is 0 Å². The lowest BCUT2D eigenvalue weighted by Gasteiger charge is -2.29. The number of rotatable bonds is 8. The number of aliphatic carboxylic acids is 1. The van der Waals surface area contributed by atoms with Crippen LogP contribution in [-0.2, 0) is 16.0 Å². The highest BCUT2D eigenvalue weighted by Gasteiger charge is 2.28. The van der Waals surface area contributed by atoms with Gasteiger partial charge >= 0.3 is 5.97 Å². The molecule has 0 radical (unpaired) electrons. The summed E-state index contributed by atoms with van der Waals surface area (Å²) in [4.78, 5) is 46.0. The molecule has 188 valence electrons.